The molecule has 0 saturated carbocycles. The van der Waals surface area contributed by atoms with Crippen LogP contribution >= 0.6 is 23.1 Å². The fourth-order valence-electron chi connectivity index (χ4n) is 2.97. The van der Waals surface area contributed by atoms with E-state index >= 15 is 0 Å². The van der Waals surface area contributed by atoms with Gasteiger partial charge < -0.3 is 5.32 Å². The van der Waals surface area contributed by atoms with E-state index < -0.39 is 0 Å². The molecule has 0 fully saturated rings. The molecular weight excluding hydrogens is 447 g/mol. The number of amides is 1. The van der Waals surface area contributed by atoms with Crippen LogP contribution < -0.4 is 5.32 Å². The van der Waals surface area contributed by atoms with Crippen LogP contribution in [-0.4, -0.2) is 37.2 Å². The molecule has 164 valence electrons. The third kappa shape index (κ3) is 5.03. The third-order valence-electron chi connectivity index (χ3n) is 4.57. The highest BCUT2D eigenvalue weighted by molar-refractivity contribution is 7.98. The summed E-state index contributed by atoms with van der Waals surface area (Å²) in [5.74, 6) is 0.437. The second-order valence-corrected chi connectivity index (χ2v) is 8.74. The van der Waals surface area contributed by atoms with Crippen molar-refractivity contribution in [3.8, 4) is 17.1 Å². The van der Waals surface area contributed by atoms with Gasteiger partial charge in [-0.05, 0) is 30.7 Å². The molecule has 0 radical (unpaired) electrons. The van der Waals surface area contributed by atoms with Crippen LogP contribution in [-0.2, 0) is 5.75 Å². The van der Waals surface area contributed by atoms with Gasteiger partial charge in [0, 0.05) is 29.9 Å². The molecule has 0 saturated heterocycles. The number of nitrogens with one attached hydrogen (secondary N) is 1. The van der Waals surface area contributed by atoms with Crippen LogP contribution in [0, 0.1) is 5.82 Å². The maximum atomic E-state index is 14.7. The number of unbranched alkanes of at least 4 members (excludes halogenated alkanes) is 1. The number of carbonyl (C=O) groups is 1. The Balaban J connectivity index is 1.57. The molecule has 7 nitrogen and oxygen atoms in total. The number of carbonyl (C=O) groups excluding carboxylic acids is 1. The van der Waals surface area contributed by atoms with Crippen LogP contribution in [0.15, 0.2) is 59.3 Å². The summed E-state index contributed by atoms with van der Waals surface area (Å²) in [5, 5.41) is 14.5. The SMILES string of the molecule is CCCCNC(=O)c1csc(CSc2nnc(-c3cccnc3)n2-c2ccccc2F)n1. The maximum absolute atomic E-state index is 14.7. The van der Waals surface area contributed by atoms with Crippen molar-refractivity contribution in [3.05, 3.63) is 70.7 Å². The molecule has 1 N–H and O–H groups in total. The van der Waals surface area contributed by atoms with Gasteiger partial charge in [-0.1, -0.05) is 37.2 Å². The van der Waals surface area contributed by atoms with Crippen molar-refractivity contribution in [2.45, 2.75) is 30.7 Å². The van der Waals surface area contributed by atoms with Gasteiger partial charge in [0.15, 0.2) is 11.0 Å². The molecule has 0 aliphatic carbocycles. The third-order valence-corrected chi connectivity index (χ3v) is 6.54. The van der Waals surface area contributed by atoms with Crippen molar-refractivity contribution >= 4 is 29.0 Å². The predicted octanol–water partition coefficient (Wildman–Crippen LogP) is 4.75. The molecule has 0 aliphatic heterocycles. The molecule has 0 aliphatic rings. The second kappa shape index (κ2) is 10.5. The van der Waals surface area contributed by atoms with E-state index in [9.17, 15) is 9.18 Å². The average molecular weight is 469 g/mol. The van der Waals surface area contributed by atoms with Gasteiger partial charge in [0.25, 0.3) is 5.91 Å². The highest BCUT2D eigenvalue weighted by Crippen LogP contribution is 2.31. The lowest BCUT2D eigenvalue weighted by Gasteiger charge is -2.10. The van der Waals surface area contributed by atoms with Gasteiger partial charge in [0.2, 0.25) is 0 Å². The first kappa shape index (κ1) is 22.1. The number of halogens is 1. The average Bonchev–Trinajstić information content (AvgIpc) is 3.46. The largest absolute Gasteiger partial charge is 0.351 e. The number of thiazole rings is 1. The number of aromatic nitrogens is 5. The summed E-state index contributed by atoms with van der Waals surface area (Å²) in [5.41, 5.74) is 1.50. The highest BCUT2D eigenvalue weighted by Gasteiger charge is 2.19. The first-order valence-electron chi connectivity index (χ1n) is 10.1. The minimum absolute atomic E-state index is 0.167. The summed E-state index contributed by atoms with van der Waals surface area (Å²) in [6.45, 7) is 2.71. The number of benzene rings is 1. The molecular formula is C22H21FN6OS2. The highest BCUT2D eigenvalue weighted by atomic mass is 32.2. The Morgan fingerprint density at radius 1 is 1.22 bits per heavy atom. The van der Waals surface area contributed by atoms with E-state index in [1.165, 1.54) is 29.2 Å². The number of pyridine rings is 1. The van der Waals surface area contributed by atoms with Gasteiger partial charge in [-0.25, -0.2) is 9.37 Å². The molecule has 4 aromatic rings. The Labute approximate surface area is 193 Å². The fourth-order valence-corrected chi connectivity index (χ4v) is 4.71. The van der Waals surface area contributed by atoms with Gasteiger partial charge in [-0.2, -0.15) is 0 Å². The number of hydrogen-bond donors (Lipinski definition) is 1. The lowest BCUT2D eigenvalue weighted by atomic mass is 10.2. The Morgan fingerprint density at radius 2 is 2.09 bits per heavy atom. The number of thioether (sulfide) groups is 1. The van der Waals surface area contributed by atoms with E-state index in [1.54, 1.807) is 46.6 Å². The van der Waals surface area contributed by atoms with Crippen LogP contribution in [0.5, 0.6) is 0 Å². The standard InChI is InChI=1S/C22H21FN6OS2/c1-2-3-11-25-21(30)17-13-31-19(26-17)14-32-22-28-27-20(15-7-6-10-24-12-15)29(22)18-9-5-4-8-16(18)23/h4-10,12-13H,2-3,11,14H2,1H3,(H,25,30). The molecule has 32 heavy (non-hydrogen) atoms. The van der Waals surface area contributed by atoms with Crippen LogP contribution in [0.1, 0.15) is 35.3 Å². The minimum Gasteiger partial charge on any atom is -0.351 e. The van der Waals surface area contributed by atoms with E-state index in [0.29, 0.717) is 34.7 Å². The Morgan fingerprint density at radius 3 is 2.88 bits per heavy atom. The van der Waals surface area contributed by atoms with Gasteiger partial charge in [-0.15, -0.1) is 21.5 Å². The molecule has 3 heterocycles. The van der Waals surface area contributed by atoms with Gasteiger partial charge in [-0.3, -0.25) is 14.3 Å². The topological polar surface area (TPSA) is 85.6 Å². The van der Waals surface area contributed by atoms with Crippen molar-refractivity contribution < 1.29 is 9.18 Å². The van der Waals surface area contributed by atoms with Crippen molar-refractivity contribution in [1.82, 2.24) is 30.0 Å². The molecule has 10 heteroatoms. The lowest BCUT2D eigenvalue weighted by Crippen LogP contribution is -2.24. The second-order valence-electron chi connectivity index (χ2n) is 6.86. The quantitative estimate of drug-likeness (QED) is 0.282. The summed E-state index contributed by atoms with van der Waals surface area (Å²) >= 11 is 2.79. The number of rotatable bonds is 9. The van der Waals surface area contributed by atoms with Crippen molar-refractivity contribution in [2.75, 3.05) is 6.54 Å². The zero-order chi connectivity index (χ0) is 22.3. The van der Waals surface area contributed by atoms with Crippen molar-refractivity contribution in [1.29, 1.82) is 0 Å². The first-order valence-corrected chi connectivity index (χ1v) is 12.0. The monoisotopic (exact) mass is 468 g/mol. The molecule has 1 aromatic carbocycles. The smallest absolute Gasteiger partial charge is 0.270 e. The summed E-state index contributed by atoms with van der Waals surface area (Å²) < 4.78 is 16.3. The molecule has 0 unspecified atom stereocenters. The molecule has 1 amide bonds. The summed E-state index contributed by atoms with van der Waals surface area (Å²) in [7, 11) is 0. The van der Waals surface area contributed by atoms with E-state index in [0.717, 1.165) is 23.4 Å². The van der Waals surface area contributed by atoms with Crippen LogP contribution in [0.2, 0.25) is 0 Å². The Bertz CT molecular complexity index is 1190. The number of hydrogen-bond acceptors (Lipinski definition) is 7. The Kier molecular flexibility index (Phi) is 7.23. The van der Waals surface area contributed by atoms with Gasteiger partial charge in [0.05, 0.1) is 11.4 Å². The predicted molar refractivity (Wildman–Crippen MR) is 123 cm³/mol. The van der Waals surface area contributed by atoms with E-state index in [-0.39, 0.29) is 11.7 Å². The number of para-hydroxylation sites is 1. The molecule has 0 spiro atoms. The zero-order valence-electron chi connectivity index (χ0n) is 17.4. The van der Waals surface area contributed by atoms with Crippen LogP contribution in [0.3, 0.4) is 0 Å². The van der Waals surface area contributed by atoms with Gasteiger partial charge in [0.1, 0.15) is 16.5 Å². The Hall–Kier alpha value is -3.11. The summed E-state index contributed by atoms with van der Waals surface area (Å²) in [6.07, 6.45) is 5.29. The summed E-state index contributed by atoms with van der Waals surface area (Å²) in [6, 6.07) is 10.1. The van der Waals surface area contributed by atoms with E-state index in [4.69, 9.17) is 0 Å². The maximum Gasteiger partial charge on any atom is 0.270 e. The van der Waals surface area contributed by atoms with Crippen molar-refractivity contribution in [2.24, 2.45) is 0 Å². The number of nitrogens with zero attached hydrogens (tertiary/aromatic N) is 5. The molecule has 3 aromatic heterocycles. The van der Waals surface area contributed by atoms with Gasteiger partial charge >= 0.3 is 0 Å². The summed E-state index contributed by atoms with van der Waals surface area (Å²) in [4.78, 5) is 20.8. The molecule has 0 atom stereocenters. The van der Waals surface area contributed by atoms with E-state index in [2.05, 4.69) is 32.4 Å². The molecule has 0 bridgehead atoms. The van der Waals surface area contributed by atoms with Crippen LogP contribution in [0.4, 0.5) is 4.39 Å². The lowest BCUT2D eigenvalue weighted by molar-refractivity contribution is 0.0948. The normalized spacial score (nSPS) is 10.9. The fraction of sp³-hybridized carbons (Fsp3) is 0.227. The minimum atomic E-state index is -0.375. The molecule has 4 rings (SSSR count). The van der Waals surface area contributed by atoms with E-state index in [1.807, 2.05) is 6.07 Å². The van der Waals surface area contributed by atoms with Crippen molar-refractivity contribution in [3.63, 3.8) is 0 Å². The first-order chi connectivity index (χ1) is 15.7. The van der Waals surface area contributed by atoms with Crippen LogP contribution in [0.25, 0.3) is 17.1 Å². The zero-order valence-corrected chi connectivity index (χ0v) is 19.0.